The molecule has 1 aliphatic heterocycles. The van der Waals surface area contributed by atoms with E-state index in [1.807, 2.05) is 6.92 Å². The molecule has 16 heavy (non-hydrogen) atoms. The van der Waals surface area contributed by atoms with Gasteiger partial charge in [-0.2, -0.15) is 0 Å². The first-order valence-electron chi connectivity index (χ1n) is 5.68. The van der Waals surface area contributed by atoms with Crippen molar-refractivity contribution in [1.82, 2.24) is 9.97 Å². The highest BCUT2D eigenvalue weighted by atomic mass is 35.5. The lowest BCUT2D eigenvalue weighted by Crippen LogP contribution is -2.45. The van der Waals surface area contributed by atoms with Gasteiger partial charge in [-0.05, 0) is 32.3 Å². The number of hydrogen-bond acceptors (Lipinski definition) is 4. The third-order valence-electron chi connectivity index (χ3n) is 2.97. The number of hydrogen-bond donors (Lipinski definition) is 1. The summed E-state index contributed by atoms with van der Waals surface area (Å²) in [4.78, 5) is 10.9. The first-order valence-corrected chi connectivity index (χ1v) is 6.06. The molecule has 88 valence electrons. The Labute approximate surface area is 101 Å². The van der Waals surface area contributed by atoms with Crippen LogP contribution in [-0.2, 0) is 0 Å². The van der Waals surface area contributed by atoms with E-state index in [4.69, 9.17) is 17.3 Å². The summed E-state index contributed by atoms with van der Waals surface area (Å²) < 4.78 is 0. The second-order valence-electron chi connectivity index (χ2n) is 4.21. The number of anilines is 1. The van der Waals surface area contributed by atoms with Gasteiger partial charge in [-0.1, -0.05) is 11.6 Å². The smallest absolute Gasteiger partial charge is 0.227 e. The molecule has 0 spiro atoms. The van der Waals surface area contributed by atoms with Crippen LogP contribution in [0.3, 0.4) is 0 Å². The maximum absolute atomic E-state index is 5.95. The lowest BCUT2D eigenvalue weighted by molar-refractivity contribution is 0.458. The molecule has 2 rings (SSSR count). The van der Waals surface area contributed by atoms with Crippen LogP contribution in [0.25, 0.3) is 0 Å². The molecule has 4 nitrogen and oxygen atoms in total. The Morgan fingerprint density at radius 1 is 1.50 bits per heavy atom. The zero-order valence-electron chi connectivity index (χ0n) is 9.49. The molecule has 5 heteroatoms. The number of piperidine rings is 1. The minimum atomic E-state index is 0.353. The maximum atomic E-state index is 5.95. The molecule has 1 aliphatic rings. The van der Waals surface area contributed by atoms with Gasteiger partial charge in [0, 0.05) is 24.8 Å². The summed E-state index contributed by atoms with van der Waals surface area (Å²) >= 11 is 5.95. The average Bonchev–Trinajstić information content (AvgIpc) is 2.27. The Balaban J connectivity index is 2.26. The van der Waals surface area contributed by atoms with Gasteiger partial charge in [0.1, 0.15) is 5.15 Å². The Hall–Kier alpha value is -0.870. The topological polar surface area (TPSA) is 55.0 Å². The van der Waals surface area contributed by atoms with Crippen LogP contribution >= 0.6 is 11.6 Å². The molecule has 1 saturated heterocycles. The van der Waals surface area contributed by atoms with Crippen molar-refractivity contribution >= 4 is 17.5 Å². The van der Waals surface area contributed by atoms with Gasteiger partial charge in [0.25, 0.3) is 0 Å². The third kappa shape index (κ3) is 2.44. The predicted molar refractivity (Wildman–Crippen MR) is 65.8 cm³/mol. The highest BCUT2D eigenvalue weighted by Gasteiger charge is 2.23. The van der Waals surface area contributed by atoms with Gasteiger partial charge < -0.3 is 10.6 Å². The van der Waals surface area contributed by atoms with Crippen LogP contribution < -0.4 is 10.6 Å². The lowest BCUT2D eigenvalue weighted by Gasteiger charge is -2.35. The third-order valence-corrected chi connectivity index (χ3v) is 3.16. The second-order valence-corrected chi connectivity index (χ2v) is 4.60. The minimum Gasteiger partial charge on any atom is -0.337 e. The molecule has 1 aromatic rings. The molecule has 1 fully saturated rings. The van der Waals surface area contributed by atoms with Crippen molar-refractivity contribution < 1.29 is 0 Å². The summed E-state index contributed by atoms with van der Waals surface area (Å²) in [6.07, 6.45) is 3.52. The monoisotopic (exact) mass is 240 g/mol. The van der Waals surface area contributed by atoms with Crippen LogP contribution in [0.1, 0.15) is 25.0 Å². The van der Waals surface area contributed by atoms with Crippen molar-refractivity contribution in [3.8, 4) is 0 Å². The van der Waals surface area contributed by atoms with Gasteiger partial charge in [0.2, 0.25) is 5.95 Å². The van der Waals surface area contributed by atoms with Gasteiger partial charge >= 0.3 is 0 Å². The molecule has 0 radical (unpaired) electrons. The van der Waals surface area contributed by atoms with Crippen molar-refractivity contribution in [3.63, 3.8) is 0 Å². The molecule has 0 bridgehead atoms. The van der Waals surface area contributed by atoms with Gasteiger partial charge in [0.15, 0.2) is 0 Å². The summed E-state index contributed by atoms with van der Waals surface area (Å²) in [6.45, 7) is 3.55. The molecule has 0 aliphatic carbocycles. The number of rotatable bonds is 2. The van der Waals surface area contributed by atoms with E-state index < -0.39 is 0 Å². The van der Waals surface area contributed by atoms with E-state index in [2.05, 4.69) is 14.9 Å². The normalized spacial score (nSPS) is 21.2. The first-order chi connectivity index (χ1) is 7.70. The molecular weight excluding hydrogens is 224 g/mol. The zero-order chi connectivity index (χ0) is 11.5. The van der Waals surface area contributed by atoms with E-state index in [-0.39, 0.29) is 0 Å². The van der Waals surface area contributed by atoms with Crippen LogP contribution in [0.5, 0.6) is 0 Å². The highest BCUT2D eigenvalue weighted by molar-refractivity contribution is 6.29. The van der Waals surface area contributed by atoms with Gasteiger partial charge in [-0.15, -0.1) is 0 Å². The fraction of sp³-hybridized carbons (Fsp3) is 0.636. The van der Waals surface area contributed by atoms with Gasteiger partial charge in [-0.3, -0.25) is 0 Å². The molecule has 1 unspecified atom stereocenters. The number of aryl methyl sites for hydroxylation is 1. The number of nitrogens with zero attached hydrogens (tertiary/aromatic N) is 3. The zero-order valence-corrected chi connectivity index (χ0v) is 10.2. The van der Waals surface area contributed by atoms with E-state index in [1.165, 1.54) is 12.8 Å². The fourth-order valence-corrected chi connectivity index (χ4v) is 2.39. The molecule has 1 aromatic heterocycles. The quantitative estimate of drug-likeness (QED) is 0.801. The van der Waals surface area contributed by atoms with Crippen LogP contribution in [0.4, 0.5) is 5.95 Å². The predicted octanol–water partition coefficient (Wildman–Crippen LogP) is 1.76. The maximum Gasteiger partial charge on any atom is 0.227 e. The Morgan fingerprint density at radius 2 is 2.31 bits per heavy atom. The van der Waals surface area contributed by atoms with Crippen molar-refractivity contribution in [2.45, 2.75) is 32.2 Å². The van der Waals surface area contributed by atoms with E-state index in [0.717, 1.165) is 24.6 Å². The Kier molecular flexibility index (Phi) is 3.61. The molecule has 2 N–H and O–H groups in total. The lowest BCUT2D eigenvalue weighted by atomic mass is 10.0. The number of nitrogens with two attached hydrogens (primary N) is 1. The van der Waals surface area contributed by atoms with E-state index in [0.29, 0.717) is 17.7 Å². The Morgan fingerprint density at radius 3 is 3.00 bits per heavy atom. The van der Waals surface area contributed by atoms with Crippen LogP contribution in [-0.4, -0.2) is 29.1 Å². The summed E-state index contributed by atoms with van der Waals surface area (Å²) in [5.74, 6) is 0.722. The van der Waals surface area contributed by atoms with Crippen molar-refractivity contribution in [1.29, 1.82) is 0 Å². The van der Waals surface area contributed by atoms with Crippen LogP contribution in [0.2, 0.25) is 5.15 Å². The fourth-order valence-electron chi connectivity index (χ4n) is 2.15. The molecule has 0 saturated carbocycles. The van der Waals surface area contributed by atoms with Crippen LogP contribution in [0, 0.1) is 6.92 Å². The van der Waals surface area contributed by atoms with Gasteiger partial charge in [-0.25, -0.2) is 9.97 Å². The largest absolute Gasteiger partial charge is 0.337 e. The van der Waals surface area contributed by atoms with Gasteiger partial charge in [0.05, 0.1) is 0 Å². The van der Waals surface area contributed by atoms with E-state index >= 15 is 0 Å². The molecule has 0 aromatic carbocycles. The summed E-state index contributed by atoms with van der Waals surface area (Å²) in [6, 6.07) is 2.12. The molecule has 1 atom stereocenters. The molecule has 2 heterocycles. The summed E-state index contributed by atoms with van der Waals surface area (Å²) in [5.41, 5.74) is 6.68. The van der Waals surface area contributed by atoms with Crippen LogP contribution in [0.15, 0.2) is 6.07 Å². The second kappa shape index (κ2) is 4.97. The standard InChI is InChI=1S/C11H17ClN4/c1-8-6-10(12)15-11(14-8)16-5-3-2-4-9(16)7-13/h6,9H,2-5,7,13H2,1H3. The minimum absolute atomic E-state index is 0.353. The number of aromatic nitrogens is 2. The first kappa shape index (κ1) is 11.6. The van der Waals surface area contributed by atoms with Crippen molar-refractivity contribution in [2.75, 3.05) is 18.0 Å². The van der Waals surface area contributed by atoms with Crippen molar-refractivity contribution in [3.05, 3.63) is 16.9 Å². The Bertz CT molecular complexity index is 349. The molecule has 0 amide bonds. The summed E-state index contributed by atoms with van der Waals surface area (Å²) in [5, 5.41) is 0.504. The molecular formula is C11H17ClN4. The SMILES string of the molecule is Cc1cc(Cl)nc(N2CCCCC2CN)n1. The van der Waals surface area contributed by atoms with E-state index in [1.54, 1.807) is 6.07 Å². The van der Waals surface area contributed by atoms with E-state index in [9.17, 15) is 0 Å². The highest BCUT2D eigenvalue weighted by Crippen LogP contribution is 2.22. The summed E-state index contributed by atoms with van der Waals surface area (Å²) in [7, 11) is 0. The number of halogens is 1. The van der Waals surface area contributed by atoms with Crippen molar-refractivity contribution in [2.24, 2.45) is 5.73 Å². The average molecular weight is 241 g/mol.